The Morgan fingerprint density at radius 3 is 1.89 bits per heavy atom. The molecule has 0 N–H and O–H groups in total. The Morgan fingerprint density at radius 2 is 1.50 bits per heavy atom. The van der Waals surface area contributed by atoms with Crippen LogP contribution in [0, 0.1) is 5.41 Å². The lowest BCUT2D eigenvalue weighted by Gasteiger charge is -2.23. The Hall–Kier alpha value is -0.960. The quantitative estimate of drug-likeness (QED) is 0.744. The fourth-order valence-corrected chi connectivity index (χ4v) is 2.26. The van der Waals surface area contributed by atoms with E-state index in [1.165, 1.54) is 0 Å². The highest BCUT2D eigenvalue weighted by atomic mass is 32.2. The molecular formula is C15H23NOS. The standard InChI is InChI=1S/C15H23NOS/c1-14(2,3)13(12-10-8-7-9-11-12)16-18(17)15(4,5)6/h7-11H,1-6H3/t18-/m0/s1. The van der Waals surface area contributed by atoms with Gasteiger partial charge in [-0.05, 0) is 26.3 Å². The largest absolute Gasteiger partial charge is 0.234 e. The maximum absolute atomic E-state index is 12.2. The zero-order chi connectivity index (χ0) is 14.0. The van der Waals surface area contributed by atoms with E-state index in [-0.39, 0.29) is 10.2 Å². The highest BCUT2D eigenvalue weighted by Crippen LogP contribution is 2.24. The minimum atomic E-state index is -1.23. The zero-order valence-electron chi connectivity index (χ0n) is 12.2. The second-order valence-corrected chi connectivity index (χ2v) is 8.32. The molecular weight excluding hydrogens is 242 g/mol. The average Bonchev–Trinajstić information content (AvgIpc) is 2.23. The molecule has 0 unspecified atom stereocenters. The van der Waals surface area contributed by atoms with Crippen molar-refractivity contribution >= 4 is 16.7 Å². The van der Waals surface area contributed by atoms with E-state index < -0.39 is 11.0 Å². The van der Waals surface area contributed by atoms with Crippen molar-refractivity contribution in [3.05, 3.63) is 35.9 Å². The maximum atomic E-state index is 12.2. The van der Waals surface area contributed by atoms with Crippen LogP contribution < -0.4 is 0 Å². The lowest BCUT2D eigenvalue weighted by Crippen LogP contribution is -2.26. The molecule has 1 rings (SSSR count). The second-order valence-electron chi connectivity index (χ2n) is 6.42. The monoisotopic (exact) mass is 265 g/mol. The normalized spacial score (nSPS) is 15.6. The first kappa shape index (κ1) is 15.1. The SMILES string of the molecule is CC(C)(C)C(=N[S@@](=O)C(C)(C)C)c1ccccc1. The van der Waals surface area contributed by atoms with Crippen LogP contribution in [0.2, 0.25) is 0 Å². The molecule has 1 atom stereocenters. The van der Waals surface area contributed by atoms with Crippen LogP contribution in [-0.2, 0) is 11.0 Å². The first-order valence-corrected chi connectivity index (χ1v) is 7.29. The van der Waals surface area contributed by atoms with Crippen LogP contribution >= 0.6 is 0 Å². The van der Waals surface area contributed by atoms with Gasteiger partial charge in [-0.25, -0.2) is 4.21 Å². The number of hydrogen-bond acceptors (Lipinski definition) is 1. The summed E-state index contributed by atoms with van der Waals surface area (Å²) < 4.78 is 16.4. The third kappa shape index (κ3) is 4.05. The minimum Gasteiger partial charge on any atom is -0.234 e. The zero-order valence-corrected chi connectivity index (χ0v) is 13.0. The molecule has 1 aromatic carbocycles. The topological polar surface area (TPSA) is 29.4 Å². The van der Waals surface area contributed by atoms with Gasteiger partial charge in [-0.3, -0.25) is 0 Å². The van der Waals surface area contributed by atoms with Gasteiger partial charge in [0.2, 0.25) is 0 Å². The van der Waals surface area contributed by atoms with Crippen LogP contribution in [0.4, 0.5) is 0 Å². The van der Waals surface area contributed by atoms with E-state index in [4.69, 9.17) is 0 Å². The fraction of sp³-hybridized carbons (Fsp3) is 0.533. The lowest BCUT2D eigenvalue weighted by atomic mass is 9.86. The summed E-state index contributed by atoms with van der Waals surface area (Å²) in [4.78, 5) is 0. The van der Waals surface area contributed by atoms with Gasteiger partial charge in [-0.15, -0.1) is 0 Å². The molecule has 0 saturated carbocycles. The van der Waals surface area contributed by atoms with Crippen molar-refractivity contribution in [3.8, 4) is 0 Å². The first-order chi connectivity index (χ1) is 8.12. The Balaban J connectivity index is 3.25. The fourth-order valence-electron chi connectivity index (χ4n) is 1.44. The van der Waals surface area contributed by atoms with Crippen molar-refractivity contribution in [1.29, 1.82) is 0 Å². The molecule has 0 aliphatic heterocycles. The number of rotatable bonds is 2. The highest BCUT2D eigenvalue weighted by Gasteiger charge is 2.25. The van der Waals surface area contributed by atoms with Crippen molar-refractivity contribution in [1.82, 2.24) is 0 Å². The van der Waals surface area contributed by atoms with Gasteiger partial charge >= 0.3 is 0 Å². The summed E-state index contributed by atoms with van der Waals surface area (Å²) in [6.45, 7) is 12.1. The molecule has 0 spiro atoms. The van der Waals surface area contributed by atoms with Crippen LogP contribution in [-0.4, -0.2) is 14.7 Å². The predicted molar refractivity (Wildman–Crippen MR) is 80.3 cm³/mol. The van der Waals surface area contributed by atoms with Crippen LogP contribution in [0.15, 0.2) is 34.7 Å². The van der Waals surface area contributed by atoms with Crippen molar-refractivity contribution in [2.24, 2.45) is 9.81 Å². The molecule has 100 valence electrons. The number of benzene rings is 1. The Morgan fingerprint density at radius 1 is 1.00 bits per heavy atom. The molecule has 2 nitrogen and oxygen atoms in total. The van der Waals surface area contributed by atoms with E-state index >= 15 is 0 Å². The summed E-state index contributed by atoms with van der Waals surface area (Å²) in [6, 6.07) is 9.98. The van der Waals surface area contributed by atoms with Gasteiger partial charge in [-0.2, -0.15) is 4.40 Å². The summed E-state index contributed by atoms with van der Waals surface area (Å²) >= 11 is 0. The summed E-state index contributed by atoms with van der Waals surface area (Å²) in [5.41, 5.74) is 1.82. The molecule has 0 amide bonds. The van der Waals surface area contributed by atoms with Crippen LogP contribution in [0.1, 0.15) is 47.1 Å². The van der Waals surface area contributed by atoms with Gasteiger partial charge in [-0.1, -0.05) is 51.1 Å². The molecule has 0 aromatic heterocycles. The summed E-state index contributed by atoms with van der Waals surface area (Å²) in [6.07, 6.45) is 0. The van der Waals surface area contributed by atoms with E-state index in [9.17, 15) is 4.21 Å². The van der Waals surface area contributed by atoms with Gasteiger partial charge in [0.25, 0.3) is 0 Å². The van der Waals surface area contributed by atoms with Gasteiger partial charge < -0.3 is 0 Å². The maximum Gasteiger partial charge on any atom is 0.145 e. The molecule has 3 heteroatoms. The Kier molecular flexibility index (Phi) is 4.49. The van der Waals surface area contributed by atoms with E-state index in [0.29, 0.717) is 0 Å². The Labute approximate surface area is 113 Å². The van der Waals surface area contributed by atoms with Crippen molar-refractivity contribution in [2.45, 2.75) is 46.3 Å². The van der Waals surface area contributed by atoms with E-state index in [0.717, 1.165) is 11.3 Å². The van der Waals surface area contributed by atoms with E-state index in [1.54, 1.807) is 0 Å². The molecule has 0 fully saturated rings. The third-order valence-corrected chi connectivity index (χ3v) is 3.85. The van der Waals surface area contributed by atoms with E-state index in [1.807, 2.05) is 51.1 Å². The van der Waals surface area contributed by atoms with Crippen LogP contribution in [0.25, 0.3) is 0 Å². The molecule has 0 bridgehead atoms. The Bertz CT molecular complexity index is 450. The second kappa shape index (κ2) is 5.35. The van der Waals surface area contributed by atoms with Crippen molar-refractivity contribution in [3.63, 3.8) is 0 Å². The van der Waals surface area contributed by atoms with Crippen LogP contribution in [0.3, 0.4) is 0 Å². The first-order valence-electron chi connectivity index (χ1n) is 6.19. The van der Waals surface area contributed by atoms with Crippen LogP contribution in [0.5, 0.6) is 0 Å². The molecule has 0 radical (unpaired) electrons. The molecule has 0 aliphatic rings. The molecule has 0 aliphatic carbocycles. The van der Waals surface area contributed by atoms with Gasteiger partial charge in [0.05, 0.1) is 10.5 Å². The molecule has 0 saturated heterocycles. The number of nitrogens with zero attached hydrogens (tertiary/aromatic N) is 1. The van der Waals surface area contributed by atoms with E-state index in [2.05, 4.69) is 25.2 Å². The van der Waals surface area contributed by atoms with Crippen molar-refractivity contribution < 1.29 is 4.21 Å². The third-order valence-electron chi connectivity index (χ3n) is 2.46. The van der Waals surface area contributed by atoms with Gasteiger partial charge in [0.1, 0.15) is 11.0 Å². The smallest absolute Gasteiger partial charge is 0.145 e. The average molecular weight is 265 g/mol. The summed E-state index contributed by atoms with van der Waals surface area (Å²) in [5, 5.41) is 0. The van der Waals surface area contributed by atoms with Crippen molar-refractivity contribution in [2.75, 3.05) is 0 Å². The summed E-state index contributed by atoms with van der Waals surface area (Å²) in [5.74, 6) is 0. The molecule has 0 heterocycles. The molecule has 18 heavy (non-hydrogen) atoms. The van der Waals surface area contributed by atoms with Gasteiger partial charge in [0.15, 0.2) is 0 Å². The summed E-state index contributed by atoms with van der Waals surface area (Å²) in [7, 11) is -1.23. The lowest BCUT2D eigenvalue weighted by molar-refractivity contribution is 0.591. The highest BCUT2D eigenvalue weighted by molar-refractivity contribution is 7.85. The number of hydrogen-bond donors (Lipinski definition) is 0. The minimum absolute atomic E-state index is 0.123. The predicted octanol–water partition coefficient (Wildman–Crippen LogP) is 3.98. The molecule has 1 aromatic rings. The van der Waals surface area contributed by atoms with Gasteiger partial charge in [0, 0.05) is 5.41 Å².